The fraction of sp³-hybridized carbons (Fsp3) is 0.806. The van der Waals surface area contributed by atoms with E-state index < -0.39 is 8.07 Å². The molecule has 0 N–H and O–H groups in total. The van der Waals surface area contributed by atoms with Crippen molar-refractivity contribution in [2.24, 2.45) is 41.4 Å². The van der Waals surface area contributed by atoms with Gasteiger partial charge in [-0.15, -0.1) is 0 Å². The molecule has 0 spiro atoms. The standard InChI is InChI=1S/C31H48SSi/c1-19-18-26-23(22-12-7-6-8-13-22)15-11-16-24(26)30(19)33(4,5)31-21(3)20(2)29-28(31)25-14-9-10-17-27(25)32-29/h6-8,12-13,19-21,23-31H,9-11,14-18H2,1-5H3. The van der Waals surface area contributed by atoms with Gasteiger partial charge in [0.1, 0.15) is 0 Å². The molecule has 5 aliphatic rings. The van der Waals surface area contributed by atoms with Crippen LogP contribution >= 0.6 is 11.8 Å². The molecule has 1 aromatic rings. The molecule has 1 aliphatic heterocycles. The van der Waals surface area contributed by atoms with Gasteiger partial charge in [-0.1, -0.05) is 89.9 Å². The van der Waals surface area contributed by atoms with Gasteiger partial charge in [-0.05, 0) is 89.7 Å². The molecular weight excluding hydrogens is 432 g/mol. The van der Waals surface area contributed by atoms with Crippen molar-refractivity contribution < 1.29 is 0 Å². The van der Waals surface area contributed by atoms with Gasteiger partial charge in [0.05, 0.1) is 8.07 Å². The molecule has 12 unspecified atom stereocenters. The van der Waals surface area contributed by atoms with Crippen molar-refractivity contribution in [3.05, 3.63) is 35.9 Å². The summed E-state index contributed by atoms with van der Waals surface area (Å²) in [5, 5.41) is 2.00. The molecule has 2 heteroatoms. The van der Waals surface area contributed by atoms with Gasteiger partial charge in [-0.2, -0.15) is 11.8 Å². The molecule has 0 bridgehead atoms. The van der Waals surface area contributed by atoms with Gasteiger partial charge < -0.3 is 0 Å². The number of rotatable bonds is 3. The molecule has 4 aliphatic carbocycles. The Bertz CT molecular complexity index is 833. The van der Waals surface area contributed by atoms with E-state index in [0.717, 1.165) is 68.9 Å². The monoisotopic (exact) mass is 480 g/mol. The zero-order chi connectivity index (χ0) is 22.9. The fourth-order valence-electron chi connectivity index (χ4n) is 11.1. The first-order valence-corrected chi connectivity index (χ1v) is 18.7. The second kappa shape index (κ2) is 8.72. The summed E-state index contributed by atoms with van der Waals surface area (Å²) < 4.78 is 0. The second-order valence-corrected chi connectivity index (χ2v) is 20.1. The quantitative estimate of drug-likeness (QED) is 0.388. The Morgan fingerprint density at radius 1 is 0.758 bits per heavy atom. The SMILES string of the molecule is CC1CC2C(c3ccccc3)CCCC2C1[Si](C)(C)C1C(C)C(C)C2SC3CCCCC3C21. The molecular formula is C31H48SSi. The molecule has 0 radical (unpaired) electrons. The number of thioether (sulfide) groups is 1. The lowest BCUT2D eigenvalue weighted by atomic mass is 9.71. The van der Waals surface area contributed by atoms with Crippen LogP contribution in [0.4, 0.5) is 0 Å². The molecule has 1 heterocycles. The summed E-state index contributed by atoms with van der Waals surface area (Å²) >= 11 is 2.48. The molecule has 1 aromatic carbocycles. The van der Waals surface area contributed by atoms with Gasteiger partial charge in [-0.3, -0.25) is 0 Å². The van der Waals surface area contributed by atoms with Crippen molar-refractivity contribution in [2.75, 3.05) is 0 Å². The molecule has 0 amide bonds. The van der Waals surface area contributed by atoms with Gasteiger partial charge in [-0.25, -0.2) is 0 Å². The van der Waals surface area contributed by atoms with Gasteiger partial charge in [0, 0.05) is 10.5 Å². The van der Waals surface area contributed by atoms with Crippen molar-refractivity contribution in [2.45, 2.75) is 113 Å². The van der Waals surface area contributed by atoms with Crippen LogP contribution in [0.25, 0.3) is 0 Å². The average Bonchev–Trinajstić information content (AvgIpc) is 3.43. The predicted molar refractivity (Wildman–Crippen MR) is 148 cm³/mol. The first-order chi connectivity index (χ1) is 15.9. The van der Waals surface area contributed by atoms with Crippen LogP contribution in [0.3, 0.4) is 0 Å². The minimum Gasteiger partial charge on any atom is -0.154 e. The fourth-order valence-corrected chi connectivity index (χ4v) is 20.2. The molecule has 0 aromatic heterocycles. The number of fused-ring (bicyclic) bond motifs is 4. The smallest absolute Gasteiger partial charge is 0.0547 e. The van der Waals surface area contributed by atoms with Crippen molar-refractivity contribution in [3.63, 3.8) is 0 Å². The van der Waals surface area contributed by atoms with E-state index in [1.165, 1.54) is 44.9 Å². The topological polar surface area (TPSA) is 0 Å². The van der Waals surface area contributed by atoms with E-state index in [1.807, 2.05) is 0 Å². The van der Waals surface area contributed by atoms with Crippen LogP contribution in [0.2, 0.25) is 24.2 Å². The van der Waals surface area contributed by atoms with Crippen molar-refractivity contribution >= 4 is 19.8 Å². The highest BCUT2D eigenvalue weighted by Gasteiger charge is 2.64. The maximum Gasteiger partial charge on any atom is 0.0547 e. The van der Waals surface area contributed by atoms with Crippen molar-refractivity contribution in [1.82, 2.24) is 0 Å². The molecule has 1 saturated heterocycles. The molecule has 182 valence electrons. The van der Waals surface area contributed by atoms with Crippen LogP contribution in [0, 0.1) is 41.4 Å². The summed E-state index contributed by atoms with van der Waals surface area (Å²) in [6.45, 7) is 13.8. The predicted octanol–water partition coefficient (Wildman–Crippen LogP) is 9.25. The van der Waals surface area contributed by atoms with Crippen LogP contribution in [0.5, 0.6) is 0 Å². The highest BCUT2D eigenvalue weighted by atomic mass is 32.2. The van der Waals surface area contributed by atoms with Gasteiger partial charge >= 0.3 is 0 Å². The minimum atomic E-state index is -1.42. The maximum atomic E-state index is 2.90. The average molecular weight is 481 g/mol. The van der Waals surface area contributed by atoms with Crippen LogP contribution in [-0.4, -0.2) is 18.6 Å². The van der Waals surface area contributed by atoms with E-state index in [2.05, 4.69) is 76.0 Å². The number of benzene rings is 1. The van der Waals surface area contributed by atoms with E-state index in [9.17, 15) is 0 Å². The Balaban J connectivity index is 1.32. The van der Waals surface area contributed by atoms with Crippen LogP contribution in [0.15, 0.2) is 30.3 Å². The Hall–Kier alpha value is -0.213. The number of hydrogen-bond acceptors (Lipinski definition) is 1. The van der Waals surface area contributed by atoms with Crippen LogP contribution in [0.1, 0.15) is 83.6 Å². The molecule has 5 fully saturated rings. The lowest BCUT2D eigenvalue weighted by Crippen LogP contribution is -2.48. The van der Waals surface area contributed by atoms with Gasteiger partial charge in [0.25, 0.3) is 0 Å². The first-order valence-electron chi connectivity index (χ1n) is 14.6. The van der Waals surface area contributed by atoms with E-state index in [1.54, 1.807) is 12.0 Å². The Labute approximate surface area is 209 Å². The summed E-state index contributed by atoms with van der Waals surface area (Å²) in [7, 11) is -1.42. The molecule has 6 rings (SSSR count). The lowest BCUT2D eigenvalue weighted by Gasteiger charge is -2.49. The van der Waals surface area contributed by atoms with E-state index in [-0.39, 0.29) is 0 Å². The summed E-state index contributed by atoms with van der Waals surface area (Å²) in [5.74, 6) is 7.77. The van der Waals surface area contributed by atoms with Crippen LogP contribution in [-0.2, 0) is 0 Å². The van der Waals surface area contributed by atoms with E-state index in [0.29, 0.717) is 0 Å². The molecule has 33 heavy (non-hydrogen) atoms. The molecule has 12 atom stereocenters. The maximum absolute atomic E-state index is 2.90. The Morgan fingerprint density at radius 3 is 2.27 bits per heavy atom. The minimum absolute atomic E-state index is 0.833. The van der Waals surface area contributed by atoms with E-state index in [4.69, 9.17) is 0 Å². The molecule has 4 saturated carbocycles. The lowest BCUT2D eigenvalue weighted by molar-refractivity contribution is 0.232. The summed E-state index contributed by atoms with van der Waals surface area (Å²) in [6.07, 6.45) is 12.1. The summed E-state index contributed by atoms with van der Waals surface area (Å²) in [6, 6.07) is 11.7. The van der Waals surface area contributed by atoms with Crippen molar-refractivity contribution in [1.29, 1.82) is 0 Å². The van der Waals surface area contributed by atoms with Gasteiger partial charge in [0.2, 0.25) is 0 Å². The van der Waals surface area contributed by atoms with Crippen LogP contribution < -0.4 is 0 Å². The Morgan fingerprint density at radius 2 is 1.48 bits per heavy atom. The third kappa shape index (κ3) is 3.58. The summed E-state index contributed by atoms with van der Waals surface area (Å²) in [5.41, 5.74) is 3.78. The normalized spacial score (nSPS) is 49.5. The number of hydrogen-bond donors (Lipinski definition) is 0. The van der Waals surface area contributed by atoms with Gasteiger partial charge in [0.15, 0.2) is 0 Å². The first kappa shape index (κ1) is 23.2. The third-order valence-electron chi connectivity index (χ3n) is 12.1. The zero-order valence-corrected chi connectivity index (χ0v) is 23.7. The Kier molecular flexibility index (Phi) is 6.13. The highest BCUT2D eigenvalue weighted by molar-refractivity contribution is 8.00. The zero-order valence-electron chi connectivity index (χ0n) is 21.9. The largest absolute Gasteiger partial charge is 0.154 e. The molecule has 0 nitrogen and oxygen atoms in total. The highest BCUT2D eigenvalue weighted by Crippen LogP contribution is 2.70. The summed E-state index contributed by atoms with van der Waals surface area (Å²) in [4.78, 5) is 0. The third-order valence-corrected chi connectivity index (χ3v) is 19.4. The second-order valence-electron chi connectivity index (χ2n) is 13.7. The van der Waals surface area contributed by atoms with Crippen molar-refractivity contribution in [3.8, 4) is 0 Å². The van der Waals surface area contributed by atoms with E-state index >= 15 is 0 Å².